The Morgan fingerprint density at radius 3 is 1.09 bits per heavy atom. The zero-order chi connectivity index (χ0) is 33.3. The first-order valence-electron chi connectivity index (χ1n) is 14.4. The largest absolute Gasteiger partial charge is 0.394 e. The molecule has 0 amide bonds. The molecule has 4 aliphatic heterocycles. The second kappa shape index (κ2) is 15.6. The number of aliphatic hydroxyl groups is 10. The van der Waals surface area contributed by atoms with Gasteiger partial charge < -0.3 is 107 Å². The fourth-order valence-corrected chi connectivity index (χ4v) is 5.72. The van der Waals surface area contributed by atoms with Gasteiger partial charge in [0.1, 0.15) is 73.2 Å². The molecule has 0 bridgehead atoms. The standard InChI is InChI=1S/C24H46N4O17/c25-9-15(35)18(6(2-30)39-21(9)38)43-23-11(27)17(37)20(8(4-32)41-23)45-24-12(28)16(36)19(7(3-31)42-24)44-22-10(26)14(34)13(33)5(1-29)40-22/h5-24,29-38H,1-4,25-28H2/t5?,6?,7?,8?,9-,10-,11-,12-,13+,14?,15?,16?,17?,18+,19+,20+,21+,22-,23-,24-/m0/s1. The van der Waals surface area contributed by atoms with Crippen molar-refractivity contribution in [2.24, 2.45) is 22.9 Å². The van der Waals surface area contributed by atoms with Crippen molar-refractivity contribution >= 4 is 0 Å². The Morgan fingerprint density at radius 1 is 0.400 bits per heavy atom. The second-order valence-electron chi connectivity index (χ2n) is 11.5. The predicted molar refractivity (Wildman–Crippen MR) is 142 cm³/mol. The first kappa shape index (κ1) is 37.0. The van der Waals surface area contributed by atoms with Crippen LogP contribution in [0.2, 0.25) is 0 Å². The van der Waals surface area contributed by atoms with Crippen molar-refractivity contribution in [2.75, 3.05) is 26.4 Å². The number of nitrogens with two attached hydrogens (primary N) is 4. The van der Waals surface area contributed by atoms with Gasteiger partial charge in [0.15, 0.2) is 25.2 Å². The lowest BCUT2D eigenvalue weighted by atomic mass is 9.94. The summed E-state index contributed by atoms with van der Waals surface area (Å²) in [5.74, 6) is 0. The van der Waals surface area contributed by atoms with Gasteiger partial charge in [0.2, 0.25) is 0 Å². The molecule has 45 heavy (non-hydrogen) atoms. The van der Waals surface area contributed by atoms with Crippen LogP contribution < -0.4 is 22.9 Å². The topological polar surface area (TPSA) is 371 Å². The van der Waals surface area contributed by atoms with Gasteiger partial charge in [0, 0.05) is 0 Å². The highest BCUT2D eigenvalue weighted by Gasteiger charge is 2.54. The Morgan fingerprint density at radius 2 is 0.711 bits per heavy atom. The molecular formula is C24H46N4O17. The van der Waals surface area contributed by atoms with E-state index in [2.05, 4.69) is 0 Å². The molecule has 0 saturated carbocycles. The van der Waals surface area contributed by atoms with Crippen LogP contribution in [0.3, 0.4) is 0 Å². The monoisotopic (exact) mass is 662 g/mol. The molecule has 4 saturated heterocycles. The van der Waals surface area contributed by atoms with Crippen LogP contribution in [0.15, 0.2) is 0 Å². The van der Waals surface area contributed by atoms with E-state index < -0.39 is 149 Å². The van der Waals surface area contributed by atoms with Gasteiger partial charge in [-0.3, -0.25) is 0 Å². The molecule has 264 valence electrons. The van der Waals surface area contributed by atoms with Gasteiger partial charge in [0.05, 0.1) is 50.6 Å². The Hall–Kier alpha value is -0.840. The zero-order valence-corrected chi connectivity index (χ0v) is 24.0. The zero-order valence-electron chi connectivity index (χ0n) is 24.0. The molecule has 4 rings (SSSR count). The maximum atomic E-state index is 11.1. The highest BCUT2D eigenvalue weighted by molar-refractivity contribution is 5.00. The number of hydrogen-bond acceptors (Lipinski definition) is 21. The molecule has 4 heterocycles. The van der Waals surface area contributed by atoms with Gasteiger partial charge in [-0.15, -0.1) is 0 Å². The van der Waals surface area contributed by atoms with E-state index in [1.165, 1.54) is 0 Å². The average molecular weight is 663 g/mol. The maximum Gasteiger partial charge on any atom is 0.176 e. The van der Waals surface area contributed by atoms with Crippen LogP contribution >= 0.6 is 0 Å². The van der Waals surface area contributed by atoms with E-state index in [1.807, 2.05) is 0 Å². The van der Waals surface area contributed by atoms with E-state index in [-0.39, 0.29) is 0 Å². The van der Waals surface area contributed by atoms with Crippen molar-refractivity contribution in [1.82, 2.24) is 0 Å². The third-order valence-corrected chi connectivity index (χ3v) is 8.52. The molecule has 0 aromatic heterocycles. The van der Waals surface area contributed by atoms with Crippen LogP contribution in [0, 0.1) is 0 Å². The molecule has 21 heteroatoms. The normalized spacial score (nSPS) is 52.9. The Bertz CT molecular complexity index is 925. The lowest BCUT2D eigenvalue weighted by Gasteiger charge is -2.49. The number of rotatable bonds is 10. The Kier molecular flexibility index (Phi) is 12.8. The van der Waals surface area contributed by atoms with Crippen molar-refractivity contribution < 1.29 is 84.2 Å². The molecular weight excluding hydrogens is 616 g/mol. The van der Waals surface area contributed by atoms with E-state index in [4.69, 9.17) is 56.1 Å². The highest BCUT2D eigenvalue weighted by Crippen LogP contribution is 2.33. The van der Waals surface area contributed by atoms with Crippen molar-refractivity contribution in [1.29, 1.82) is 0 Å². The van der Waals surface area contributed by atoms with Crippen LogP contribution in [0.25, 0.3) is 0 Å². The molecule has 8 unspecified atom stereocenters. The lowest BCUT2D eigenvalue weighted by Crippen LogP contribution is -2.70. The summed E-state index contributed by atoms with van der Waals surface area (Å²) < 4.78 is 39.2. The van der Waals surface area contributed by atoms with E-state index in [9.17, 15) is 51.1 Å². The summed E-state index contributed by atoms with van der Waals surface area (Å²) in [5, 5.41) is 102. The van der Waals surface area contributed by atoms with Gasteiger partial charge in [-0.25, -0.2) is 0 Å². The maximum absolute atomic E-state index is 11.1. The molecule has 20 atom stereocenters. The summed E-state index contributed by atoms with van der Waals surface area (Å²) in [6, 6.07) is -5.48. The number of aliphatic hydroxyl groups excluding tert-OH is 10. The Balaban J connectivity index is 1.43. The van der Waals surface area contributed by atoms with E-state index >= 15 is 0 Å². The summed E-state index contributed by atoms with van der Waals surface area (Å²) in [4.78, 5) is 0. The van der Waals surface area contributed by atoms with Gasteiger partial charge in [-0.2, -0.15) is 0 Å². The van der Waals surface area contributed by atoms with Gasteiger partial charge in [0.25, 0.3) is 0 Å². The van der Waals surface area contributed by atoms with Crippen LogP contribution in [0.1, 0.15) is 0 Å². The molecule has 0 radical (unpaired) electrons. The third kappa shape index (κ3) is 7.44. The van der Waals surface area contributed by atoms with Crippen LogP contribution in [-0.2, 0) is 33.2 Å². The number of ether oxygens (including phenoxy) is 7. The van der Waals surface area contributed by atoms with Crippen LogP contribution in [0.4, 0.5) is 0 Å². The van der Waals surface area contributed by atoms with Crippen molar-refractivity contribution in [2.45, 2.75) is 123 Å². The van der Waals surface area contributed by atoms with Gasteiger partial charge >= 0.3 is 0 Å². The first-order valence-corrected chi connectivity index (χ1v) is 14.4. The van der Waals surface area contributed by atoms with Crippen LogP contribution in [-0.4, -0.2) is 200 Å². The third-order valence-electron chi connectivity index (χ3n) is 8.52. The predicted octanol–water partition coefficient (Wildman–Crippen LogP) is -9.88. The van der Waals surface area contributed by atoms with E-state index in [1.54, 1.807) is 0 Å². The quantitative estimate of drug-likeness (QED) is 0.103. The summed E-state index contributed by atoms with van der Waals surface area (Å²) in [7, 11) is 0. The number of hydrogen-bond donors (Lipinski definition) is 14. The molecule has 0 aromatic carbocycles. The minimum absolute atomic E-state index is 0.688. The van der Waals surface area contributed by atoms with Crippen molar-refractivity contribution in [3.63, 3.8) is 0 Å². The van der Waals surface area contributed by atoms with Gasteiger partial charge in [-0.1, -0.05) is 0 Å². The van der Waals surface area contributed by atoms with Crippen molar-refractivity contribution in [3.05, 3.63) is 0 Å². The minimum atomic E-state index is -1.65. The molecule has 0 spiro atoms. The molecule has 0 aliphatic carbocycles. The highest BCUT2D eigenvalue weighted by atomic mass is 16.8. The molecule has 0 aromatic rings. The molecule has 21 nitrogen and oxygen atoms in total. The summed E-state index contributed by atoms with van der Waals surface area (Å²) in [6.07, 6.45) is -23.5. The molecule has 4 fully saturated rings. The fourth-order valence-electron chi connectivity index (χ4n) is 5.72. The Labute approximate surface area is 256 Å². The van der Waals surface area contributed by atoms with Crippen molar-refractivity contribution in [3.8, 4) is 0 Å². The first-order chi connectivity index (χ1) is 21.3. The molecule has 18 N–H and O–H groups in total. The van der Waals surface area contributed by atoms with Crippen LogP contribution in [0.5, 0.6) is 0 Å². The van der Waals surface area contributed by atoms with E-state index in [0.717, 1.165) is 0 Å². The second-order valence-corrected chi connectivity index (χ2v) is 11.5. The summed E-state index contributed by atoms with van der Waals surface area (Å²) in [5.41, 5.74) is 24.0. The minimum Gasteiger partial charge on any atom is -0.394 e. The SMILES string of the molecule is N[C@H]1C(O)[C@H](O)C(CO)O[C@H]1O[C@@H]1C(CO)O[C@@H](O[C@@H]2C(CO)O[C@@H](O[C@@H]3C(CO)O[C@@H](O)[C@@H](N)C3O)[C@@H](N)C2O)[C@@H](N)C1O. The lowest BCUT2D eigenvalue weighted by molar-refractivity contribution is -0.358. The summed E-state index contributed by atoms with van der Waals surface area (Å²) in [6.45, 7) is -2.91. The van der Waals surface area contributed by atoms with E-state index in [0.29, 0.717) is 0 Å². The molecule has 4 aliphatic rings. The average Bonchev–Trinajstić information content (AvgIpc) is 3.03. The smallest absolute Gasteiger partial charge is 0.176 e. The van der Waals surface area contributed by atoms with Gasteiger partial charge in [-0.05, 0) is 0 Å². The fraction of sp³-hybridized carbons (Fsp3) is 1.00. The summed E-state index contributed by atoms with van der Waals surface area (Å²) >= 11 is 0.